The zero-order valence-corrected chi connectivity index (χ0v) is 10.9. The fourth-order valence-corrected chi connectivity index (χ4v) is 1.79. The molecule has 94 valence electrons. The first kappa shape index (κ1) is 13.8. The summed E-state index contributed by atoms with van der Waals surface area (Å²) in [5.74, 6) is 0.645. The average Bonchev–Trinajstić information content (AvgIpc) is 2.30. The highest BCUT2D eigenvalue weighted by Crippen LogP contribution is 2.24. The Morgan fingerprint density at radius 1 is 1.41 bits per heavy atom. The van der Waals surface area contributed by atoms with Gasteiger partial charge in [-0.05, 0) is 43.5 Å². The highest BCUT2D eigenvalue weighted by atomic mass is 35.5. The first-order valence-corrected chi connectivity index (χ1v) is 6.03. The van der Waals surface area contributed by atoms with Gasteiger partial charge in [0.2, 0.25) is 0 Å². The Morgan fingerprint density at radius 2 is 2.18 bits per heavy atom. The second-order valence-corrected chi connectivity index (χ2v) is 4.05. The van der Waals surface area contributed by atoms with Gasteiger partial charge in [-0.15, -0.1) is 0 Å². The molecule has 3 nitrogen and oxygen atoms in total. The molecule has 0 heterocycles. The van der Waals surface area contributed by atoms with E-state index in [1.165, 1.54) is 0 Å². The molecule has 0 amide bonds. The predicted octanol–water partition coefficient (Wildman–Crippen LogP) is 3.23. The molecule has 0 fully saturated rings. The molecular formula is C13H17ClO3. The van der Waals surface area contributed by atoms with Crippen LogP contribution < -0.4 is 4.74 Å². The molecule has 0 N–H and O–H groups in total. The van der Waals surface area contributed by atoms with Gasteiger partial charge in [-0.1, -0.05) is 11.6 Å². The van der Waals surface area contributed by atoms with Crippen LogP contribution >= 0.6 is 11.6 Å². The van der Waals surface area contributed by atoms with Crippen molar-refractivity contribution in [2.45, 2.75) is 26.2 Å². The van der Waals surface area contributed by atoms with Crippen LogP contribution in [0.5, 0.6) is 5.75 Å². The monoisotopic (exact) mass is 256 g/mol. The van der Waals surface area contributed by atoms with E-state index in [1.807, 2.05) is 12.1 Å². The number of esters is 1. The lowest BCUT2D eigenvalue weighted by Crippen LogP contribution is -2.04. The average molecular weight is 257 g/mol. The molecule has 0 bridgehead atoms. The van der Waals surface area contributed by atoms with Crippen LogP contribution in [0, 0.1) is 0 Å². The number of ether oxygens (including phenoxy) is 2. The molecule has 0 aliphatic carbocycles. The Labute approximate surface area is 107 Å². The third kappa shape index (κ3) is 4.65. The maximum absolute atomic E-state index is 11.2. The topological polar surface area (TPSA) is 35.5 Å². The summed E-state index contributed by atoms with van der Waals surface area (Å²) in [6, 6.07) is 5.49. The SMILES string of the molecule is CCOC(=O)CCCc1cc(Cl)ccc1OC. The maximum Gasteiger partial charge on any atom is 0.305 e. The molecule has 17 heavy (non-hydrogen) atoms. The van der Waals surface area contributed by atoms with Crippen LogP contribution in [-0.4, -0.2) is 19.7 Å². The minimum absolute atomic E-state index is 0.159. The molecule has 0 atom stereocenters. The number of halogens is 1. The molecule has 0 aromatic heterocycles. The number of aryl methyl sites for hydroxylation is 1. The van der Waals surface area contributed by atoms with Gasteiger partial charge in [-0.3, -0.25) is 4.79 Å². The number of rotatable bonds is 6. The molecule has 0 saturated carbocycles. The first-order valence-electron chi connectivity index (χ1n) is 5.65. The molecule has 0 aliphatic rings. The summed E-state index contributed by atoms with van der Waals surface area (Å²) in [5.41, 5.74) is 1.02. The lowest BCUT2D eigenvalue weighted by molar-refractivity contribution is -0.143. The van der Waals surface area contributed by atoms with Gasteiger partial charge >= 0.3 is 5.97 Å². The predicted molar refractivity (Wildman–Crippen MR) is 67.6 cm³/mol. The van der Waals surface area contributed by atoms with Gasteiger partial charge in [0.25, 0.3) is 0 Å². The number of hydrogen-bond acceptors (Lipinski definition) is 3. The third-order valence-electron chi connectivity index (χ3n) is 2.37. The smallest absolute Gasteiger partial charge is 0.305 e. The molecule has 1 rings (SSSR count). The van der Waals surface area contributed by atoms with Gasteiger partial charge in [-0.25, -0.2) is 0 Å². The van der Waals surface area contributed by atoms with Crippen molar-refractivity contribution < 1.29 is 14.3 Å². The van der Waals surface area contributed by atoms with Crippen LogP contribution in [0.2, 0.25) is 5.02 Å². The summed E-state index contributed by atoms with van der Waals surface area (Å²) in [4.78, 5) is 11.2. The van der Waals surface area contributed by atoms with E-state index in [9.17, 15) is 4.79 Å². The van der Waals surface area contributed by atoms with Gasteiger partial charge in [0.05, 0.1) is 13.7 Å². The Bertz CT molecular complexity index is 377. The zero-order valence-electron chi connectivity index (χ0n) is 10.2. The van der Waals surface area contributed by atoms with E-state index in [2.05, 4.69) is 0 Å². The van der Waals surface area contributed by atoms with Crippen molar-refractivity contribution in [3.63, 3.8) is 0 Å². The summed E-state index contributed by atoms with van der Waals surface area (Å²) in [6.07, 6.45) is 1.90. The highest BCUT2D eigenvalue weighted by Gasteiger charge is 2.06. The molecule has 1 aromatic rings. The molecule has 4 heteroatoms. The van der Waals surface area contributed by atoms with Crippen LogP contribution in [0.15, 0.2) is 18.2 Å². The van der Waals surface area contributed by atoms with Crippen molar-refractivity contribution in [1.29, 1.82) is 0 Å². The van der Waals surface area contributed by atoms with E-state index in [0.29, 0.717) is 18.1 Å². The third-order valence-corrected chi connectivity index (χ3v) is 2.61. The molecule has 0 unspecified atom stereocenters. The largest absolute Gasteiger partial charge is 0.496 e. The fourth-order valence-electron chi connectivity index (χ4n) is 1.60. The van der Waals surface area contributed by atoms with Crippen molar-refractivity contribution in [2.75, 3.05) is 13.7 Å². The van der Waals surface area contributed by atoms with Crippen LogP contribution in [-0.2, 0) is 16.0 Å². The summed E-state index contributed by atoms with van der Waals surface area (Å²) in [5, 5.41) is 0.678. The van der Waals surface area contributed by atoms with Crippen LogP contribution in [0.3, 0.4) is 0 Å². The lowest BCUT2D eigenvalue weighted by atomic mass is 10.1. The van der Waals surface area contributed by atoms with Crippen molar-refractivity contribution in [2.24, 2.45) is 0 Å². The molecule has 0 radical (unpaired) electrons. The van der Waals surface area contributed by atoms with E-state index in [-0.39, 0.29) is 5.97 Å². The van der Waals surface area contributed by atoms with Gasteiger partial charge in [0.15, 0.2) is 0 Å². The number of carbonyl (C=O) groups is 1. The normalized spacial score (nSPS) is 10.1. The van der Waals surface area contributed by atoms with Gasteiger partial charge < -0.3 is 9.47 Å². The molecule has 0 aliphatic heterocycles. The second-order valence-electron chi connectivity index (χ2n) is 3.61. The van der Waals surface area contributed by atoms with Gasteiger partial charge in [0.1, 0.15) is 5.75 Å². The van der Waals surface area contributed by atoms with Crippen LogP contribution in [0.4, 0.5) is 0 Å². The quantitative estimate of drug-likeness (QED) is 0.733. The Kier molecular flexibility index (Phi) is 5.84. The van der Waals surface area contributed by atoms with Gasteiger partial charge in [0, 0.05) is 11.4 Å². The minimum atomic E-state index is -0.159. The van der Waals surface area contributed by atoms with E-state index >= 15 is 0 Å². The number of carbonyl (C=O) groups excluding carboxylic acids is 1. The van der Waals surface area contributed by atoms with Crippen molar-refractivity contribution in [1.82, 2.24) is 0 Å². The standard InChI is InChI=1S/C13H17ClO3/c1-3-17-13(15)6-4-5-10-9-11(14)7-8-12(10)16-2/h7-9H,3-6H2,1-2H3. The van der Waals surface area contributed by atoms with E-state index in [4.69, 9.17) is 21.1 Å². The number of benzene rings is 1. The first-order chi connectivity index (χ1) is 8.17. The van der Waals surface area contributed by atoms with Crippen molar-refractivity contribution in [3.8, 4) is 5.75 Å². The van der Waals surface area contributed by atoms with Crippen molar-refractivity contribution >= 4 is 17.6 Å². The fraction of sp³-hybridized carbons (Fsp3) is 0.462. The van der Waals surface area contributed by atoms with Gasteiger partial charge in [-0.2, -0.15) is 0 Å². The molecule has 0 spiro atoms. The Balaban J connectivity index is 2.50. The highest BCUT2D eigenvalue weighted by molar-refractivity contribution is 6.30. The van der Waals surface area contributed by atoms with Crippen molar-refractivity contribution in [3.05, 3.63) is 28.8 Å². The molecule has 1 aromatic carbocycles. The summed E-state index contributed by atoms with van der Waals surface area (Å²) in [6.45, 7) is 2.23. The van der Waals surface area contributed by atoms with Crippen LogP contribution in [0.1, 0.15) is 25.3 Å². The van der Waals surface area contributed by atoms with Crippen LogP contribution in [0.25, 0.3) is 0 Å². The van der Waals surface area contributed by atoms with E-state index in [0.717, 1.165) is 24.2 Å². The molecular weight excluding hydrogens is 240 g/mol. The van der Waals surface area contributed by atoms with E-state index < -0.39 is 0 Å². The summed E-state index contributed by atoms with van der Waals surface area (Å²) in [7, 11) is 1.62. The molecule has 0 saturated heterocycles. The van der Waals surface area contributed by atoms with E-state index in [1.54, 1.807) is 20.1 Å². The summed E-state index contributed by atoms with van der Waals surface area (Å²) < 4.78 is 10.1. The Morgan fingerprint density at radius 3 is 2.82 bits per heavy atom. The maximum atomic E-state index is 11.2. The Hall–Kier alpha value is -1.22. The number of methoxy groups -OCH3 is 1. The summed E-state index contributed by atoms with van der Waals surface area (Å²) >= 11 is 5.92. The minimum Gasteiger partial charge on any atom is -0.496 e. The zero-order chi connectivity index (χ0) is 12.7. The lowest BCUT2D eigenvalue weighted by Gasteiger charge is -2.08. The number of hydrogen-bond donors (Lipinski definition) is 0. The second kappa shape index (κ2) is 7.17.